The van der Waals surface area contributed by atoms with E-state index in [9.17, 15) is 30.0 Å². The smallest absolute Gasteiger partial charge is 0.337 e. The number of aliphatic hydroxyl groups is 3. The molecule has 3 heterocycles. The molecule has 1 aromatic rings. The molecular formula is C27H34O13. The number of ether oxygens (including phenoxy) is 7. The van der Waals surface area contributed by atoms with E-state index in [2.05, 4.69) is 0 Å². The van der Waals surface area contributed by atoms with Crippen molar-refractivity contribution in [3.05, 3.63) is 47.7 Å². The fraction of sp³-hybridized carbons (Fsp3) is 0.556. The summed E-state index contributed by atoms with van der Waals surface area (Å²) in [5.41, 5.74) is 0.916. The van der Waals surface area contributed by atoms with E-state index in [-0.39, 0.29) is 11.3 Å². The number of rotatable bonds is 8. The van der Waals surface area contributed by atoms with Crippen LogP contribution in [0.3, 0.4) is 0 Å². The molecule has 0 bridgehead atoms. The number of esters is 2. The summed E-state index contributed by atoms with van der Waals surface area (Å²) < 4.78 is 38.6. The fourth-order valence-electron chi connectivity index (χ4n) is 4.99. The summed E-state index contributed by atoms with van der Waals surface area (Å²) in [4.78, 5) is 24.6. The summed E-state index contributed by atoms with van der Waals surface area (Å²) in [6.45, 7) is 1.30. The van der Waals surface area contributed by atoms with Gasteiger partial charge in [-0.3, -0.25) is 0 Å². The number of phenolic OH excluding ortho intramolecular Hbond substituents is 1. The summed E-state index contributed by atoms with van der Waals surface area (Å²) in [5, 5.41) is 40.8. The molecule has 0 unspecified atom stereocenters. The minimum atomic E-state index is -1.69. The minimum absolute atomic E-state index is 0.0828. The quantitative estimate of drug-likeness (QED) is 0.248. The van der Waals surface area contributed by atoms with E-state index >= 15 is 0 Å². The molecule has 0 saturated carbocycles. The summed E-state index contributed by atoms with van der Waals surface area (Å²) in [5.74, 6) is -2.23. The average molecular weight is 567 g/mol. The Morgan fingerprint density at radius 2 is 1.75 bits per heavy atom. The van der Waals surface area contributed by atoms with Crippen LogP contribution in [-0.4, -0.2) is 103 Å². The van der Waals surface area contributed by atoms with E-state index < -0.39 is 79.8 Å². The molecule has 1 aromatic carbocycles. The lowest BCUT2D eigenvalue weighted by Crippen LogP contribution is -2.61. The van der Waals surface area contributed by atoms with Gasteiger partial charge in [-0.25, -0.2) is 9.59 Å². The van der Waals surface area contributed by atoms with Crippen LogP contribution >= 0.6 is 0 Å². The van der Waals surface area contributed by atoms with Gasteiger partial charge in [0.2, 0.25) is 6.29 Å². The van der Waals surface area contributed by atoms with Gasteiger partial charge >= 0.3 is 11.9 Å². The van der Waals surface area contributed by atoms with Crippen molar-refractivity contribution in [1.29, 1.82) is 0 Å². The zero-order valence-electron chi connectivity index (χ0n) is 22.2. The van der Waals surface area contributed by atoms with Crippen molar-refractivity contribution in [2.45, 2.75) is 62.7 Å². The first kappa shape index (κ1) is 29.9. The Bertz CT molecular complexity index is 1090. The van der Waals surface area contributed by atoms with Crippen LogP contribution in [0.15, 0.2) is 42.2 Å². The zero-order valence-corrected chi connectivity index (χ0v) is 22.2. The molecule has 3 aliphatic heterocycles. The molecule has 4 rings (SSSR count). The second-order valence-corrected chi connectivity index (χ2v) is 9.70. The van der Waals surface area contributed by atoms with Crippen LogP contribution < -0.4 is 0 Å². The van der Waals surface area contributed by atoms with Crippen molar-refractivity contribution < 1.29 is 63.2 Å². The van der Waals surface area contributed by atoms with E-state index in [1.165, 1.54) is 38.7 Å². The monoisotopic (exact) mass is 566 g/mol. The first-order valence-corrected chi connectivity index (χ1v) is 12.7. The molecule has 0 spiro atoms. The maximum atomic E-state index is 12.4. The fourth-order valence-corrected chi connectivity index (χ4v) is 4.99. The second-order valence-electron chi connectivity index (χ2n) is 9.70. The number of methoxy groups -OCH3 is 2. The maximum absolute atomic E-state index is 12.4. The van der Waals surface area contributed by atoms with Crippen LogP contribution in [-0.2, 0) is 42.7 Å². The van der Waals surface area contributed by atoms with Crippen LogP contribution in [0, 0.1) is 11.8 Å². The van der Waals surface area contributed by atoms with Crippen molar-refractivity contribution in [1.82, 2.24) is 0 Å². The lowest BCUT2D eigenvalue weighted by molar-refractivity contribution is -0.353. The van der Waals surface area contributed by atoms with Crippen molar-refractivity contribution in [3.8, 4) is 5.75 Å². The predicted octanol–water partition coefficient (Wildman–Crippen LogP) is 0.200. The Balaban J connectivity index is 1.42. The van der Waals surface area contributed by atoms with Crippen LogP contribution in [0.25, 0.3) is 6.08 Å². The lowest BCUT2D eigenvalue weighted by Gasteiger charge is -2.47. The van der Waals surface area contributed by atoms with Gasteiger partial charge in [-0.2, -0.15) is 0 Å². The molecule has 40 heavy (non-hydrogen) atoms. The van der Waals surface area contributed by atoms with Crippen LogP contribution in [0.4, 0.5) is 0 Å². The van der Waals surface area contributed by atoms with Crippen molar-refractivity contribution in [3.63, 3.8) is 0 Å². The van der Waals surface area contributed by atoms with Crippen molar-refractivity contribution >= 4 is 18.0 Å². The molecule has 2 saturated heterocycles. The van der Waals surface area contributed by atoms with Gasteiger partial charge in [0.15, 0.2) is 12.6 Å². The second kappa shape index (κ2) is 13.1. The number of aliphatic hydroxyl groups excluding tert-OH is 3. The van der Waals surface area contributed by atoms with Gasteiger partial charge < -0.3 is 53.6 Å². The van der Waals surface area contributed by atoms with E-state index in [1.54, 1.807) is 19.1 Å². The Hall–Kier alpha value is -3.04. The molecular weight excluding hydrogens is 532 g/mol. The SMILES string of the molecule is COC(=O)C1=CO[C@@H](O[C@@H]2O[C@H](COC(=O)C=Cc3ccc(O)cc3)[C@@H](O)[C@H](O)[C@H]2O)[C@@H]2[C@H](C)O[C@@H](OC)C[C@H]12. The predicted molar refractivity (Wildman–Crippen MR) is 134 cm³/mol. The minimum Gasteiger partial charge on any atom is -0.508 e. The molecule has 10 atom stereocenters. The van der Waals surface area contributed by atoms with E-state index in [0.29, 0.717) is 12.0 Å². The van der Waals surface area contributed by atoms with E-state index in [4.69, 9.17) is 33.2 Å². The standard InChI is InChI=1S/C27H34O13/c1-13-21-16(10-20(34-2)38-13)17(25(33)35-3)11-37-26(21)40-27-24(32)23(31)22(30)18(39-27)12-36-19(29)9-6-14-4-7-15(28)8-5-14/h4-9,11,13,16,18,20-24,26-28,30-32H,10,12H2,1-3H3/t13-,16+,18+,20+,21+,22+,23-,24+,26-,27-/m0/s1. The first-order valence-electron chi connectivity index (χ1n) is 12.7. The Kier molecular flexibility index (Phi) is 9.79. The average Bonchev–Trinajstić information content (AvgIpc) is 2.95. The summed E-state index contributed by atoms with van der Waals surface area (Å²) >= 11 is 0. The van der Waals surface area contributed by atoms with Gasteiger partial charge in [0.25, 0.3) is 0 Å². The molecule has 0 aromatic heterocycles. The number of hydrogen-bond acceptors (Lipinski definition) is 13. The highest BCUT2D eigenvalue weighted by atomic mass is 16.8. The molecule has 3 aliphatic rings. The molecule has 0 radical (unpaired) electrons. The van der Waals surface area contributed by atoms with Gasteiger partial charge in [0, 0.05) is 25.5 Å². The molecule has 2 fully saturated rings. The van der Waals surface area contributed by atoms with Crippen molar-refractivity contribution in [2.24, 2.45) is 11.8 Å². The third-order valence-corrected chi connectivity index (χ3v) is 7.18. The normalized spacial score (nSPS) is 35.8. The van der Waals surface area contributed by atoms with E-state index in [0.717, 1.165) is 6.08 Å². The maximum Gasteiger partial charge on any atom is 0.337 e. The zero-order chi connectivity index (χ0) is 29.0. The molecule has 13 nitrogen and oxygen atoms in total. The van der Waals surface area contributed by atoms with Gasteiger partial charge in [0.05, 0.1) is 31.0 Å². The molecule has 4 N–H and O–H groups in total. The highest BCUT2D eigenvalue weighted by Gasteiger charge is 2.52. The van der Waals surface area contributed by atoms with Crippen molar-refractivity contribution in [2.75, 3.05) is 20.8 Å². The molecule has 220 valence electrons. The Labute approximate surface area is 230 Å². The van der Waals surface area contributed by atoms with Gasteiger partial charge in [-0.1, -0.05) is 12.1 Å². The number of hydrogen-bond donors (Lipinski definition) is 4. The van der Waals surface area contributed by atoms with Crippen LogP contribution in [0.2, 0.25) is 0 Å². The van der Waals surface area contributed by atoms with Gasteiger partial charge in [0.1, 0.15) is 36.8 Å². The summed E-state index contributed by atoms with van der Waals surface area (Å²) in [7, 11) is 2.74. The number of phenols is 1. The van der Waals surface area contributed by atoms with E-state index in [1.807, 2.05) is 0 Å². The number of benzene rings is 1. The number of aromatic hydroxyl groups is 1. The molecule has 0 aliphatic carbocycles. The number of fused-ring (bicyclic) bond motifs is 1. The third kappa shape index (κ3) is 6.63. The summed E-state index contributed by atoms with van der Waals surface area (Å²) in [6.07, 6.45) is -5.70. The first-order chi connectivity index (χ1) is 19.1. The lowest BCUT2D eigenvalue weighted by atomic mass is 9.77. The highest BCUT2D eigenvalue weighted by Crippen LogP contribution is 2.43. The van der Waals surface area contributed by atoms with Crippen LogP contribution in [0.1, 0.15) is 18.9 Å². The topological polar surface area (TPSA) is 180 Å². The number of carbonyl (C=O) groups excluding carboxylic acids is 2. The summed E-state index contributed by atoms with van der Waals surface area (Å²) in [6, 6.07) is 6.12. The van der Waals surface area contributed by atoms with Crippen LogP contribution in [0.5, 0.6) is 5.75 Å². The largest absolute Gasteiger partial charge is 0.508 e. The third-order valence-electron chi connectivity index (χ3n) is 7.18. The number of carbonyl (C=O) groups is 2. The Morgan fingerprint density at radius 3 is 2.42 bits per heavy atom. The molecule has 13 heteroatoms. The van der Waals surface area contributed by atoms with Gasteiger partial charge in [-0.05, 0) is 30.7 Å². The Morgan fingerprint density at radius 1 is 1.02 bits per heavy atom. The highest BCUT2D eigenvalue weighted by molar-refractivity contribution is 5.89. The molecule has 0 amide bonds. The van der Waals surface area contributed by atoms with Gasteiger partial charge in [-0.15, -0.1) is 0 Å².